The summed E-state index contributed by atoms with van der Waals surface area (Å²) in [4.78, 5) is 8.64. The highest BCUT2D eigenvalue weighted by molar-refractivity contribution is 5.81. The minimum atomic E-state index is 0.288. The zero-order valence-corrected chi connectivity index (χ0v) is 21.7. The quantitative estimate of drug-likeness (QED) is 0.186. The molecule has 2 aromatic carbocycles. The van der Waals surface area contributed by atoms with E-state index >= 15 is 0 Å². The summed E-state index contributed by atoms with van der Waals surface area (Å²) in [5.74, 6) is 2.67. The van der Waals surface area contributed by atoms with E-state index < -0.39 is 0 Å². The molecule has 0 aliphatic heterocycles. The van der Waals surface area contributed by atoms with Gasteiger partial charge in [0.15, 0.2) is 12.2 Å². The van der Waals surface area contributed by atoms with Gasteiger partial charge in [-0.25, -0.2) is 14.6 Å². The van der Waals surface area contributed by atoms with Crippen LogP contribution >= 0.6 is 0 Å². The SMILES string of the molecule is CCCCOc1cc(OCCCC)c(C(C)C)cc1-c1ncoc1-c1ccc(Cn2cncn2)cc1. The summed E-state index contributed by atoms with van der Waals surface area (Å²) in [5, 5.41) is 4.18. The van der Waals surface area contributed by atoms with E-state index in [1.54, 1.807) is 17.3 Å². The van der Waals surface area contributed by atoms with Gasteiger partial charge in [-0.3, -0.25) is 0 Å². The molecule has 0 amide bonds. The van der Waals surface area contributed by atoms with Gasteiger partial charge < -0.3 is 13.9 Å². The fraction of sp³-hybridized carbons (Fsp3) is 0.414. The summed E-state index contributed by atoms with van der Waals surface area (Å²) >= 11 is 0. The number of nitrogens with zero attached hydrogens (tertiary/aromatic N) is 4. The molecule has 7 heteroatoms. The first-order valence-corrected chi connectivity index (χ1v) is 12.9. The first kappa shape index (κ1) is 25.5. The number of benzene rings is 2. The van der Waals surface area contributed by atoms with Gasteiger partial charge in [0.25, 0.3) is 0 Å². The summed E-state index contributed by atoms with van der Waals surface area (Å²) < 4.78 is 20.2. The molecule has 0 aliphatic rings. The molecule has 2 heterocycles. The van der Waals surface area contributed by atoms with Gasteiger partial charge in [0.1, 0.15) is 29.8 Å². The summed E-state index contributed by atoms with van der Waals surface area (Å²) in [6, 6.07) is 12.5. The minimum Gasteiger partial charge on any atom is -0.493 e. The van der Waals surface area contributed by atoms with Crippen LogP contribution in [0.3, 0.4) is 0 Å². The molecule has 0 N–H and O–H groups in total. The van der Waals surface area contributed by atoms with Crippen molar-refractivity contribution < 1.29 is 13.9 Å². The lowest BCUT2D eigenvalue weighted by molar-refractivity contribution is 0.292. The minimum absolute atomic E-state index is 0.288. The predicted molar refractivity (Wildman–Crippen MR) is 141 cm³/mol. The van der Waals surface area contributed by atoms with E-state index in [4.69, 9.17) is 13.9 Å². The largest absolute Gasteiger partial charge is 0.493 e. The van der Waals surface area contributed by atoms with Crippen LogP contribution < -0.4 is 9.47 Å². The van der Waals surface area contributed by atoms with Gasteiger partial charge >= 0.3 is 0 Å². The van der Waals surface area contributed by atoms with Crippen LogP contribution in [0.25, 0.3) is 22.6 Å². The Morgan fingerprint density at radius 1 is 0.944 bits per heavy atom. The Labute approximate surface area is 213 Å². The van der Waals surface area contributed by atoms with Gasteiger partial charge in [-0.05, 0) is 36.0 Å². The molecule has 36 heavy (non-hydrogen) atoms. The molecule has 0 fully saturated rings. The maximum atomic E-state index is 6.27. The van der Waals surface area contributed by atoms with Crippen molar-refractivity contribution in [3.05, 3.63) is 66.6 Å². The van der Waals surface area contributed by atoms with E-state index in [1.165, 1.54) is 6.39 Å². The van der Waals surface area contributed by atoms with E-state index in [0.717, 1.165) is 70.9 Å². The van der Waals surface area contributed by atoms with Gasteiger partial charge in [-0.15, -0.1) is 0 Å². The van der Waals surface area contributed by atoms with Crippen LogP contribution in [0.5, 0.6) is 11.5 Å². The molecule has 0 atom stereocenters. The Kier molecular flexibility index (Phi) is 8.76. The van der Waals surface area contributed by atoms with Gasteiger partial charge in [0.05, 0.1) is 19.8 Å². The molecule has 4 aromatic rings. The summed E-state index contributed by atoms with van der Waals surface area (Å²) in [7, 11) is 0. The highest BCUT2D eigenvalue weighted by Crippen LogP contribution is 2.42. The lowest BCUT2D eigenvalue weighted by atomic mass is 9.96. The number of hydrogen-bond acceptors (Lipinski definition) is 6. The van der Waals surface area contributed by atoms with Gasteiger partial charge in [-0.2, -0.15) is 5.10 Å². The zero-order valence-electron chi connectivity index (χ0n) is 21.7. The Bertz CT molecular complexity index is 1210. The third-order valence-electron chi connectivity index (χ3n) is 6.09. The molecular weight excluding hydrogens is 452 g/mol. The van der Waals surface area contributed by atoms with Gasteiger partial charge in [0.2, 0.25) is 0 Å². The molecule has 2 aromatic heterocycles. The van der Waals surface area contributed by atoms with Crippen molar-refractivity contribution in [2.24, 2.45) is 0 Å². The average molecular weight is 489 g/mol. The monoisotopic (exact) mass is 488 g/mol. The topological polar surface area (TPSA) is 75.2 Å². The third-order valence-corrected chi connectivity index (χ3v) is 6.09. The maximum Gasteiger partial charge on any atom is 0.182 e. The number of oxazole rings is 1. The van der Waals surface area contributed by atoms with Crippen molar-refractivity contribution in [2.75, 3.05) is 13.2 Å². The normalized spacial score (nSPS) is 11.2. The molecule has 0 unspecified atom stereocenters. The van der Waals surface area contributed by atoms with Crippen LogP contribution in [0, 0.1) is 0 Å². The fourth-order valence-corrected chi connectivity index (χ4v) is 4.02. The summed E-state index contributed by atoms with van der Waals surface area (Å²) in [6.45, 7) is 10.7. The van der Waals surface area contributed by atoms with Crippen molar-refractivity contribution in [1.29, 1.82) is 0 Å². The second-order valence-corrected chi connectivity index (χ2v) is 9.26. The Morgan fingerprint density at radius 2 is 1.67 bits per heavy atom. The summed E-state index contributed by atoms with van der Waals surface area (Å²) in [6.07, 6.45) is 8.92. The van der Waals surface area contributed by atoms with E-state index in [9.17, 15) is 0 Å². The van der Waals surface area contributed by atoms with Crippen LogP contribution in [-0.2, 0) is 6.54 Å². The number of ether oxygens (including phenoxy) is 2. The number of rotatable bonds is 13. The van der Waals surface area contributed by atoms with Crippen molar-refractivity contribution in [3.63, 3.8) is 0 Å². The smallest absolute Gasteiger partial charge is 0.182 e. The van der Waals surface area contributed by atoms with Gasteiger partial charge in [0, 0.05) is 17.2 Å². The van der Waals surface area contributed by atoms with Crippen LogP contribution in [0.2, 0.25) is 0 Å². The molecular formula is C29H36N4O3. The molecule has 0 aliphatic carbocycles. The Balaban J connectivity index is 1.69. The average Bonchev–Trinajstić information content (AvgIpc) is 3.57. The second kappa shape index (κ2) is 12.4. The van der Waals surface area contributed by atoms with E-state index in [2.05, 4.69) is 73.1 Å². The lowest BCUT2D eigenvalue weighted by Crippen LogP contribution is -2.05. The van der Waals surface area contributed by atoms with Crippen molar-refractivity contribution >= 4 is 0 Å². The maximum absolute atomic E-state index is 6.27. The van der Waals surface area contributed by atoms with Crippen molar-refractivity contribution in [2.45, 2.75) is 65.8 Å². The molecule has 190 valence electrons. The van der Waals surface area contributed by atoms with Crippen molar-refractivity contribution in [1.82, 2.24) is 19.7 Å². The lowest BCUT2D eigenvalue weighted by Gasteiger charge is -2.19. The molecule has 0 spiro atoms. The number of unbranched alkanes of at least 4 members (excludes halogenated alkanes) is 2. The second-order valence-electron chi connectivity index (χ2n) is 9.26. The highest BCUT2D eigenvalue weighted by Gasteiger charge is 2.21. The Hall–Kier alpha value is -3.61. The van der Waals surface area contributed by atoms with Crippen LogP contribution in [0.15, 0.2) is 59.9 Å². The summed E-state index contributed by atoms with van der Waals surface area (Å²) in [5.41, 5.74) is 4.92. The van der Waals surface area contributed by atoms with E-state index in [-0.39, 0.29) is 5.92 Å². The number of hydrogen-bond donors (Lipinski definition) is 0. The predicted octanol–water partition coefficient (Wildman–Crippen LogP) is 7.13. The molecule has 7 nitrogen and oxygen atoms in total. The molecule has 4 rings (SSSR count). The molecule has 0 bridgehead atoms. The van der Waals surface area contributed by atoms with Crippen LogP contribution in [0.1, 0.15) is 70.4 Å². The number of aromatic nitrogens is 4. The Morgan fingerprint density at radius 3 is 2.31 bits per heavy atom. The molecule has 0 saturated heterocycles. The zero-order chi connectivity index (χ0) is 25.3. The van der Waals surface area contributed by atoms with E-state index in [0.29, 0.717) is 19.8 Å². The fourth-order valence-electron chi connectivity index (χ4n) is 4.02. The van der Waals surface area contributed by atoms with Crippen LogP contribution in [0.4, 0.5) is 0 Å². The first-order chi connectivity index (χ1) is 17.6. The van der Waals surface area contributed by atoms with E-state index in [1.807, 2.05) is 6.07 Å². The molecule has 0 saturated carbocycles. The standard InChI is InChI=1S/C29H36N4O3/c1-5-7-13-34-26-16-27(35-14-8-6-2)25(15-24(26)21(3)4)28-29(36-20-31-28)23-11-9-22(10-12-23)17-33-19-30-18-32-33/h9-12,15-16,18-21H,5-8,13-14,17H2,1-4H3. The molecule has 0 radical (unpaired) electrons. The van der Waals surface area contributed by atoms with Gasteiger partial charge in [-0.1, -0.05) is 64.8 Å². The van der Waals surface area contributed by atoms with Crippen molar-refractivity contribution in [3.8, 4) is 34.1 Å². The highest BCUT2D eigenvalue weighted by atomic mass is 16.5. The van der Waals surface area contributed by atoms with Crippen LogP contribution in [-0.4, -0.2) is 33.0 Å². The third kappa shape index (κ3) is 6.14. The first-order valence-electron chi connectivity index (χ1n) is 12.9.